The van der Waals surface area contributed by atoms with Crippen molar-refractivity contribution in [3.63, 3.8) is 0 Å². The summed E-state index contributed by atoms with van der Waals surface area (Å²) in [6.45, 7) is 1.48. The summed E-state index contributed by atoms with van der Waals surface area (Å²) in [6.07, 6.45) is 0. The zero-order valence-electron chi connectivity index (χ0n) is 12.9. The molecular weight excluding hydrogens is 318 g/mol. The van der Waals surface area contributed by atoms with Crippen molar-refractivity contribution < 1.29 is 24.0 Å². The van der Waals surface area contributed by atoms with Crippen molar-refractivity contribution in [2.45, 2.75) is 12.8 Å². The lowest BCUT2D eigenvalue weighted by Crippen LogP contribution is -2.47. The fraction of sp³-hybridized carbons (Fsp3) is 0.267. The highest BCUT2D eigenvalue weighted by Crippen LogP contribution is 2.38. The van der Waals surface area contributed by atoms with Crippen LogP contribution in [-0.2, 0) is 19.1 Å². The predicted octanol–water partition coefficient (Wildman–Crippen LogP) is 0.357. The molecule has 2 unspecified atom stereocenters. The summed E-state index contributed by atoms with van der Waals surface area (Å²) in [5.41, 5.74) is 5.58. The van der Waals surface area contributed by atoms with Crippen LogP contribution in [0.5, 0.6) is 0 Å². The summed E-state index contributed by atoms with van der Waals surface area (Å²) in [7, 11) is 1.16. The number of rotatable bonds is 4. The van der Waals surface area contributed by atoms with Crippen molar-refractivity contribution in [2.24, 2.45) is 11.7 Å². The molecule has 3 N–H and O–H groups in total. The van der Waals surface area contributed by atoms with E-state index in [4.69, 9.17) is 10.5 Å². The van der Waals surface area contributed by atoms with Crippen LogP contribution in [0.15, 0.2) is 35.5 Å². The van der Waals surface area contributed by atoms with Crippen LogP contribution in [0, 0.1) is 16.0 Å². The van der Waals surface area contributed by atoms with Crippen molar-refractivity contribution >= 4 is 23.5 Å². The Morgan fingerprint density at radius 1 is 1.38 bits per heavy atom. The molecule has 0 spiro atoms. The third-order valence-corrected chi connectivity index (χ3v) is 3.79. The number of nitrogens with zero attached hydrogens (tertiary/aromatic N) is 1. The number of nitrogens with one attached hydrogen (secondary N) is 1. The molecule has 0 fully saturated rings. The maximum absolute atomic E-state index is 12.2. The van der Waals surface area contributed by atoms with Gasteiger partial charge in [-0.25, -0.2) is 4.79 Å². The predicted molar refractivity (Wildman–Crippen MR) is 81.4 cm³/mol. The molecule has 2 rings (SSSR count). The Labute approximate surface area is 136 Å². The van der Waals surface area contributed by atoms with Crippen LogP contribution in [0.3, 0.4) is 0 Å². The molecular formula is C15H15N3O6. The van der Waals surface area contributed by atoms with E-state index in [1.165, 1.54) is 31.2 Å². The highest BCUT2D eigenvalue weighted by Gasteiger charge is 2.44. The van der Waals surface area contributed by atoms with Gasteiger partial charge >= 0.3 is 5.97 Å². The number of nitrogens with two attached hydrogens (primary N) is 1. The second-order valence-electron chi connectivity index (χ2n) is 5.23. The van der Waals surface area contributed by atoms with Gasteiger partial charge in [-0.3, -0.25) is 19.7 Å². The number of nitro benzene ring substituents is 1. The summed E-state index contributed by atoms with van der Waals surface area (Å²) in [5, 5.41) is 13.4. The Hall–Kier alpha value is -3.23. The zero-order valence-corrected chi connectivity index (χ0v) is 12.9. The largest absolute Gasteiger partial charge is 0.466 e. The lowest BCUT2D eigenvalue weighted by molar-refractivity contribution is -0.384. The molecule has 0 saturated heterocycles. The number of carbonyl (C=O) groups is 3. The summed E-state index contributed by atoms with van der Waals surface area (Å²) >= 11 is 0. The molecule has 2 atom stereocenters. The molecule has 9 heteroatoms. The molecule has 0 aromatic heterocycles. The topological polar surface area (TPSA) is 142 Å². The average molecular weight is 333 g/mol. The normalized spacial score (nSPS) is 20.3. The summed E-state index contributed by atoms with van der Waals surface area (Å²) in [6, 6.07) is 5.36. The maximum Gasteiger partial charge on any atom is 0.336 e. The number of nitro groups is 1. The lowest BCUT2D eigenvalue weighted by atomic mass is 9.76. The van der Waals surface area contributed by atoms with Crippen molar-refractivity contribution in [1.82, 2.24) is 5.32 Å². The molecule has 1 aromatic rings. The molecule has 126 valence electrons. The van der Waals surface area contributed by atoms with Gasteiger partial charge in [0.25, 0.3) is 5.69 Å². The number of carbonyl (C=O) groups excluding carboxylic acids is 3. The van der Waals surface area contributed by atoms with E-state index < -0.39 is 34.5 Å². The van der Waals surface area contributed by atoms with Crippen molar-refractivity contribution in [3.8, 4) is 0 Å². The van der Waals surface area contributed by atoms with Crippen LogP contribution in [0.4, 0.5) is 5.69 Å². The second-order valence-corrected chi connectivity index (χ2v) is 5.23. The first-order valence-electron chi connectivity index (χ1n) is 6.91. The fourth-order valence-corrected chi connectivity index (χ4v) is 2.76. The minimum Gasteiger partial charge on any atom is -0.466 e. The summed E-state index contributed by atoms with van der Waals surface area (Å²) < 4.78 is 4.72. The summed E-state index contributed by atoms with van der Waals surface area (Å²) in [4.78, 5) is 46.5. The quantitative estimate of drug-likeness (QED) is 0.352. The Morgan fingerprint density at radius 2 is 2.04 bits per heavy atom. The number of allylic oxidation sites excluding steroid dienone is 1. The lowest BCUT2D eigenvalue weighted by Gasteiger charge is -2.31. The van der Waals surface area contributed by atoms with E-state index in [0.29, 0.717) is 0 Å². The highest BCUT2D eigenvalue weighted by atomic mass is 16.6. The third kappa shape index (κ3) is 2.96. The van der Waals surface area contributed by atoms with Gasteiger partial charge in [0.2, 0.25) is 11.8 Å². The standard InChI is InChI=1S/C15H15N3O6/c1-7-10(15(21)24-2)11(12(13(16)19)14(20)17-7)8-4-3-5-9(6-8)18(22)23/h3-6,11-12H,1-2H3,(H2,16,19)(H,17,20). The van der Waals surface area contributed by atoms with Crippen LogP contribution in [0.25, 0.3) is 0 Å². The van der Waals surface area contributed by atoms with Gasteiger partial charge in [0.15, 0.2) is 0 Å². The SMILES string of the molecule is COC(=O)C1=C(C)NC(=O)C(C(N)=O)C1c1cccc([N+](=O)[O-])c1. The van der Waals surface area contributed by atoms with E-state index in [-0.39, 0.29) is 22.5 Å². The molecule has 0 bridgehead atoms. The Balaban J connectivity index is 2.69. The van der Waals surface area contributed by atoms with Crippen LogP contribution in [0.2, 0.25) is 0 Å². The molecule has 1 aliphatic rings. The van der Waals surface area contributed by atoms with Crippen LogP contribution in [0.1, 0.15) is 18.4 Å². The molecule has 0 saturated carbocycles. The van der Waals surface area contributed by atoms with Crippen molar-refractivity contribution in [2.75, 3.05) is 7.11 Å². The number of amides is 2. The fourth-order valence-electron chi connectivity index (χ4n) is 2.76. The monoisotopic (exact) mass is 333 g/mol. The van der Waals surface area contributed by atoms with Crippen molar-refractivity contribution in [3.05, 3.63) is 51.2 Å². The van der Waals surface area contributed by atoms with Gasteiger partial charge in [0.05, 0.1) is 17.6 Å². The van der Waals surface area contributed by atoms with Crippen LogP contribution >= 0.6 is 0 Å². The van der Waals surface area contributed by atoms with Gasteiger partial charge in [0, 0.05) is 23.7 Å². The number of hydrogen-bond donors (Lipinski definition) is 2. The highest BCUT2D eigenvalue weighted by molar-refractivity contribution is 6.06. The number of benzene rings is 1. The molecule has 1 aromatic carbocycles. The minimum atomic E-state index is -1.38. The number of esters is 1. The van der Waals surface area contributed by atoms with Crippen LogP contribution < -0.4 is 11.1 Å². The molecule has 0 aliphatic carbocycles. The number of hydrogen-bond acceptors (Lipinski definition) is 6. The first-order valence-corrected chi connectivity index (χ1v) is 6.91. The second kappa shape index (κ2) is 6.49. The maximum atomic E-state index is 12.2. The van der Waals surface area contributed by atoms with Crippen molar-refractivity contribution in [1.29, 1.82) is 0 Å². The van der Waals surface area contributed by atoms with E-state index in [2.05, 4.69) is 5.32 Å². The van der Waals surface area contributed by atoms with Gasteiger partial charge in [0.1, 0.15) is 5.92 Å². The van der Waals surface area contributed by atoms with Crippen LogP contribution in [-0.4, -0.2) is 29.8 Å². The molecule has 24 heavy (non-hydrogen) atoms. The summed E-state index contributed by atoms with van der Waals surface area (Å²) in [5.74, 6) is -4.83. The Kier molecular flexibility index (Phi) is 4.63. The van der Waals surface area contributed by atoms with E-state index in [9.17, 15) is 24.5 Å². The smallest absolute Gasteiger partial charge is 0.336 e. The zero-order chi connectivity index (χ0) is 18.0. The van der Waals surface area contributed by atoms with Gasteiger partial charge in [-0.05, 0) is 12.5 Å². The molecule has 1 heterocycles. The molecule has 9 nitrogen and oxygen atoms in total. The van der Waals surface area contributed by atoms with E-state index in [1.807, 2.05) is 0 Å². The number of primary amides is 1. The Bertz CT molecular complexity index is 770. The molecule has 1 aliphatic heterocycles. The minimum absolute atomic E-state index is 0.0291. The van der Waals surface area contributed by atoms with Gasteiger partial charge in [-0.15, -0.1) is 0 Å². The number of ether oxygens (including phenoxy) is 1. The van der Waals surface area contributed by atoms with E-state index >= 15 is 0 Å². The Morgan fingerprint density at radius 3 is 2.58 bits per heavy atom. The molecule has 2 amide bonds. The van der Waals surface area contributed by atoms with Gasteiger partial charge < -0.3 is 15.8 Å². The first kappa shape index (κ1) is 17.1. The number of methoxy groups -OCH3 is 1. The first-order chi connectivity index (χ1) is 11.3. The van der Waals surface area contributed by atoms with E-state index in [0.717, 1.165) is 7.11 Å². The number of non-ortho nitro benzene ring substituents is 1. The molecule has 0 radical (unpaired) electrons. The van der Waals surface area contributed by atoms with Gasteiger partial charge in [-0.1, -0.05) is 12.1 Å². The van der Waals surface area contributed by atoms with E-state index in [1.54, 1.807) is 0 Å². The third-order valence-electron chi connectivity index (χ3n) is 3.79. The van der Waals surface area contributed by atoms with Gasteiger partial charge in [-0.2, -0.15) is 0 Å². The average Bonchev–Trinajstić information content (AvgIpc) is 2.53.